The van der Waals surface area contributed by atoms with E-state index in [9.17, 15) is 19.2 Å². The van der Waals surface area contributed by atoms with Crippen LogP contribution in [0.2, 0.25) is 0 Å². The number of unbranched alkanes of at least 4 members (excludes halogenated alkanes) is 5. The van der Waals surface area contributed by atoms with Gasteiger partial charge in [-0.2, -0.15) is 0 Å². The molecule has 1 amide bonds. The Kier molecular flexibility index (Phi) is 27.5. The van der Waals surface area contributed by atoms with Crippen molar-refractivity contribution in [3.8, 4) is 0 Å². The smallest absolute Gasteiger partial charge is 0.338 e. The predicted molar refractivity (Wildman–Crippen MR) is 347 cm³/mol. The molecule has 0 bridgehead atoms. The highest BCUT2D eigenvalue weighted by atomic mass is 35.5. The quantitative estimate of drug-likeness (QED) is 0.0175. The molecule has 0 aliphatic carbocycles. The van der Waals surface area contributed by atoms with Gasteiger partial charge in [0.2, 0.25) is 5.91 Å². The molecule has 508 valence electrons. The van der Waals surface area contributed by atoms with Crippen LogP contribution in [-0.2, 0) is 112 Å². The number of carbonyl (C=O) groups excluding carboxylic acids is 4. The summed E-state index contributed by atoms with van der Waals surface area (Å²) in [6.07, 6.45) is -12.6. The average molecular weight is 1330 g/mol. The van der Waals surface area contributed by atoms with Gasteiger partial charge in [0, 0.05) is 25.5 Å². The lowest BCUT2D eigenvalue weighted by molar-refractivity contribution is -0.393. The van der Waals surface area contributed by atoms with E-state index in [0.717, 1.165) is 54.4 Å². The van der Waals surface area contributed by atoms with Gasteiger partial charge in [0.1, 0.15) is 60.8 Å². The second-order valence-electron chi connectivity index (χ2n) is 23.8. The zero-order valence-corrected chi connectivity index (χ0v) is 54.6. The lowest BCUT2D eigenvalue weighted by Crippen LogP contribution is -2.70. The first-order valence-corrected chi connectivity index (χ1v) is 33.2. The lowest BCUT2D eigenvalue weighted by Gasteiger charge is -2.52. The average Bonchev–Trinajstić information content (AvgIpc) is 0.776. The van der Waals surface area contributed by atoms with Gasteiger partial charge in [-0.3, -0.25) is 14.4 Å². The summed E-state index contributed by atoms with van der Waals surface area (Å²) in [5, 5.41) is 3.12. The molecule has 0 aromatic heterocycles. The number of halogens is 1. The van der Waals surface area contributed by atoms with Crippen molar-refractivity contribution in [2.45, 2.75) is 184 Å². The number of amides is 1. The van der Waals surface area contributed by atoms with Crippen LogP contribution in [0, 0.1) is 0 Å². The Morgan fingerprint density at radius 1 is 0.505 bits per heavy atom. The van der Waals surface area contributed by atoms with E-state index in [-0.39, 0.29) is 57.8 Å². The third-order valence-corrected chi connectivity index (χ3v) is 17.1. The van der Waals surface area contributed by atoms with E-state index in [4.69, 9.17) is 82.7 Å². The molecule has 6 aromatic rings. The highest BCUT2D eigenvalue weighted by molar-refractivity contribution is 6.26. The lowest BCUT2D eigenvalue weighted by atomic mass is 9.93. The molecule has 95 heavy (non-hydrogen) atoms. The Morgan fingerprint density at radius 3 is 1.62 bits per heavy atom. The van der Waals surface area contributed by atoms with Gasteiger partial charge in [-0.25, -0.2) is 4.79 Å². The summed E-state index contributed by atoms with van der Waals surface area (Å²) >= 11 is 6.24. The molecule has 0 spiro atoms. The van der Waals surface area contributed by atoms with Crippen LogP contribution in [0.4, 0.5) is 0 Å². The van der Waals surface area contributed by atoms with Crippen molar-refractivity contribution in [3.63, 3.8) is 0 Å². The minimum absolute atomic E-state index is 0.0835. The first kappa shape index (κ1) is 70.8. The van der Waals surface area contributed by atoms with E-state index < -0.39 is 122 Å². The SMILES string of the molecule is COC(=O)CCCCCCCCO[C@@H]1O[C@H](COCc2ccccc2)[C@@H](O[C@@H]2O[C@@H]3COC(c4ccccc4)O[C@@H]3[C@H](OC(=O)CCl)[C@H]2OC(=O)c2ccccc2)[C@H](O[C@@H]2O[C@@H](C)[C@@H](OCc3ccccc3)[C@@H](OCc3ccccc3)[C@@H]2OCc2ccccc2)[C@H]1NC(C)=O. The summed E-state index contributed by atoms with van der Waals surface area (Å²) in [6.45, 7) is 3.76. The summed E-state index contributed by atoms with van der Waals surface area (Å²) in [5.41, 5.74) is 4.37. The van der Waals surface area contributed by atoms with Crippen molar-refractivity contribution in [1.82, 2.24) is 5.32 Å². The van der Waals surface area contributed by atoms with E-state index in [0.29, 0.717) is 18.4 Å². The summed E-state index contributed by atoms with van der Waals surface area (Å²) in [7, 11) is 1.39. The molecule has 1 unspecified atom stereocenters. The Hall–Kier alpha value is -6.99. The van der Waals surface area contributed by atoms with Crippen molar-refractivity contribution in [1.29, 1.82) is 0 Å². The van der Waals surface area contributed by atoms with E-state index in [1.807, 2.05) is 159 Å². The Bertz CT molecular complexity index is 3240. The molecule has 6 aromatic carbocycles. The van der Waals surface area contributed by atoms with Gasteiger partial charge in [-0.1, -0.05) is 196 Å². The van der Waals surface area contributed by atoms with Crippen LogP contribution in [0.3, 0.4) is 0 Å². The molecule has 16 atom stereocenters. The number of benzene rings is 6. The second-order valence-corrected chi connectivity index (χ2v) is 24.1. The highest BCUT2D eigenvalue weighted by Gasteiger charge is 2.59. The number of hydrogen-bond acceptors (Lipinski definition) is 19. The number of rotatable bonds is 33. The summed E-state index contributed by atoms with van der Waals surface area (Å²) < 4.78 is 101. The maximum absolute atomic E-state index is 14.6. The fourth-order valence-corrected chi connectivity index (χ4v) is 12.1. The van der Waals surface area contributed by atoms with Crippen LogP contribution in [0.25, 0.3) is 0 Å². The molecular weight excluding hydrogens is 1240 g/mol. The van der Waals surface area contributed by atoms with Gasteiger partial charge < -0.3 is 76.4 Å². The highest BCUT2D eigenvalue weighted by Crippen LogP contribution is 2.41. The zero-order chi connectivity index (χ0) is 66.1. The summed E-state index contributed by atoms with van der Waals surface area (Å²) in [4.78, 5) is 54.1. The summed E-state index contributed by atoms with van der Waals surface area (Å²) in [5.74, 6) is -2.92. The van der Waals surface area contributed by atoms with E-state index in [2.05, 4.69) is 5.32 Å². The third-order valence-electron chi connectivity index (χ3n) is 16.8. The first-order chi connectivity index (χ1) is 46.5. The second kappa shape index (κ2) is 36.9. The largest absolute Gasteiger partial charge is 0.469 e. The zero-order valence-electron chi connectivity index (χ0n) is 53.8. The van der Waals surface area contributed by atoms with Crippen molar-refractivity contribution in [3.05, 3.63) is 215 Å². The maximum atomic E-state index is 14.6. The molecule has 10 rings (SSSR count). The molecule has 1 N–H and O–H groups in total. The van der Waals surface area contributed by atoms with Crippen LogP contribution in [0.1, 0.15) is 103 Å². The molecule has 20 nitrogen and oxygen atoms in total. The van der Waals surface area contributed by atoms with Gasteiger partial charge >= 0.3 is 17.9 Å². The fraction of sp³-hybridized carbons (Fsp3) is 0.459. The molecule has 4 aliphatic rings. The van der Waals surface area contributed by atoms with Gasteiger partial charge in [-0.15, -0.1) is 11.6 Å². The number of fused-ring (bicyclic) bond motifs is 1. The molecule has 4 saturated heterocycles. The number of esters is 3. The molecule has 0 saturated carbocycles. The van der Waals surface area contributed by atoms with Crippen LogP contribution in [0.15, 0.2) is 182 Å². The van der Waals surface area contributed by atoms with Crippen molar-refractivity contribution >= 4 is 35.4 Å². The van der Waals surface area contributed by atoms with Crippen LogP contribution < -0.4 is 5.32 Å². The predicted octanol–water partition coefficient (Wildman–Crippen LogP) is 10.8. The number of alkyl halides is 1. The van der Waals surface area contributed by atoms with Crippen molar-refractivity contribution in [2.24, 2.45) is 0 Å². The topological polar surface area (TPSA) is 219 Å². The number of nitrogens with one attached hydrogen (secondary N) is 1. The minimum Gasteiger partial charge on any atom is -0.469 e. The van der Waals surface area contributed by atoms with E-state index in [1.165, 1.54) is 14.0 Å². The third kappa shape index (κ3) is 20.5. The van der Waals surface area contributed by atoms with Gasteiger partial charge in [-0.05, 0) is 54.2 Å². The molecular formula is C74H86ClNO19. The number of carbonyl (C=O) groups is 4. The molecule has 21 heteroatoms. The van der Waals surface area contributed by atoms with Crippen molar-refractivity contribution in [2.75, 3.05) is 32.8 Å². The standard InChI is InChI=1S/C74H86ClNO19/c1-49-62(84-44-52-30-16-9-17-31-52)66(85-45-53-32-18-10-19-33-53)68(86-46-54-34-20-11-21-35-54)73(88-49)95-65-61(76-50(2)77)72(83-41-27-7-5-4-6-26-40-59(78)81-3)89-57(47-82-43-51-28-14-8-15-29-51)63(65)94-74-69(92-70(80)55-36-22-12-23-37-55)67(91-60(79)42-75)64-58(90-74)48-87-71(93-64)56-38-24-13-25-39-56/h8-25,28-39,49,57-58,61-69,71-74H,4-7,26-27,40-48H2,1-3H3,(H,76,77)/t49-,57+,58+,61+,62+,63+,64-,65+,66+,67-,68-,69+,71?,72+,73-,74-/m0/s1. The van der Waals surface area contributed by atoms with Crippen LogP contribution in [0.5, 0.6) is 0 Å². The van der Waals surface area contributed by atoms with Gasteiger partial charge in [0.15, 0.2) is 37.4 Å². The van der Waals surface area contributed by atoms with Gasteiger partial charge in [0.25, 0.3) is 0 Å². The van der Waals surface area contributed by atoms with E-state index >= 15 is 0 Å². The normalized spacial score (nSPS) is 27.3. The molecule has 4 fully saturated rings. The monoisotopic (exact) mass is 1330 g/mol. The number of ether oxygens (including phenoxy) is 15. The molecule has 4 aliphatic heterocycles. The fourth-order valence-electron chi connectivity index (χ4n) is 12.1. The Labute approximate surface area is 560 Å². The first-order valence-electron chi connectivity index (χ1n) is 32.7. The van der Waals surface area contributed by atoms with E-state index in [1.54, 1.807) is 30.3 Å². The molecule has 0 radical (unpaired) electrons. The Balaban J connectivity index is 1.06. The summed E-state index contributed by atoms with van der Waals surface area (Å²) in [6, 6.07) is 55.1. The minimum atomic E-state index is -1.65. The molecule has 4 heterocycles. The van der Waals surface area contributed by atoms with Gasteiger partial charge in [0.05, 0.1) is 58.4 Å². The van der Waals surface area contributed by atoms with Crippen LogP contribution >= 0.6 is 11.6 Å². The Morgan fingerprint density at radius 2 is 1.03 bits per heavy atom. The maximum Gasteiger partial charge on any atom is 0.338 e. The van der Waals surface area contributed by atoms with Crippen LogP contribution in [-0.4, -0.2) is 149 Å². The van der Waals surface area contributed by atoms with Crippen molar-refractivity contribution < 1.29 is 90.2 Å². The number of hydrogen-bond donors (Lipinski definition) is 1. The number of methoxy groups -OCH3 is 1.